The van der Waals surface area contributed by atoms with Crippen molar-refractivity contribution >= 4 is 0 Å². The maximum atomic E-state index is 14.3. The zero-order chi connectivity index (χ0) is 16.4. The molecule has 0 bridgehead atoms. The maximum Gasteiger partial charge on any atom is 0.107 e. The molecule has 0 N–H and O–H groups in total. The smallest absolute Gasteiger partial charge is 0.107 e. The highest BCUT2D eigenvalue weighted by Crippen LogP contribution is 2.28. The number of rotatable bonds is 7. The molecule has 0 spiro atoms. The van der Waals surface area contributed by atoms with E-state index in [1.807, 2.05) is 58.9 Å². The van der Waals surface area contributed by atoms with Gasteiger partial charge in [0.25, 0.3) is 0 Å². The van der Waals surface area contributed by atoms with E-state index in [1.54, 1.807) is 12.2 Å². The van der Waals surface area contributed by atoms with E-state index in [1.165, 1.54) is 0 Å². The molecule has 0 aromatic heterocycles. The number of hydrogen-bond donors (Lipinski definition) is 0. The molecule has 1 heteroatoms. The first-order valence-electron chi connectivity index (χ1n) is 7.55. The van der Waals surface area contributed by atoms with E-state index in [4.69, 9.17) is 0 Å². The fourth-order valence-corrected chi connectivity index (χ4v) is 2.09. The lowest BCUT2D eigenvalue weighted by atomic mass is 9.91. The van der Waals surface area contributed by atoms with Gasteiger partial charge in [0.2, 0.25) is 0 Å². The van der Waals surface area contributed by atoms with Crippen molar-refractivity contribution in [2.75, 3.05) is 0 Å². The molecule has 21 heavy (non-hydrogen) atoms. The first-order valence-corrected chi connectivity index (χ1v) is 7.55. The van der Waals surface area contributed by atoms with Crippen LogP contribution in [0.25, 0.3) is 0 Å². The van der Waals surface area contributed by atoms with Gasteiger partial charge >= 0.3 is 0 Å². The third kappa shape index (κ3) is 6.57. The van der Waals surface area contributed by atoms with Gasteiger partial charge in [-0.05, 0) is 51.3 Å². The van der Waals surface area contributed by atoms with Gasteiger partial charge in [-0.15, -0.1) is 0 Å². The van der Waals surface area contributed by atoms with Crippen LogP contribution >= 0.6 is 0 Å². The summed E-state index contributed by atoms with van der Waals surface area (Å²) in [5, 5.41) is 0. The summed E-state index contributed by atoms with van der Waals surface area (Å²) in [7, 11) is 0. The predicted octanol–water partition coefficient (Wildman–Crippen LogP) is 6.86. The van der Waals surface area contributed by atoms with Crippen LogP contribution in [0.5, 0.6) is 0 Å². The van der Waals surface area contributed by atoms with Gasteiger partial charge in [0, 0.05) is 5.92 Å². The van der Waals surface area contributed by atoms with Gasteiger partial charge in [-0.1, -0.05) is 62.0 Å². The number of hydrogen-bond acceptors (Lipinski definition) is 0. The van der Waals surface area contributed by atoms with Crippen LogP contribution in [0, 0.1) is 5.92 Å². The second-order valence-corrected chi connectivity index (χ2v) is 5.27. The summed E-state index contributed by atoms with van der Waals surface area (Å²) in [6.07, 6.45) is 12.3. The monoisotopic (exact) mass is 288 g/mol. The molecule has 0 radical (unpaired) electrons. The van der Waals surface area contributed by atoms with Crippen LogP contribution in [0.3, 0.4) is 0 Å². The molecule has 0 aromatic carbocycles. The van der Waals surface area contributed by atoms with Crippen LogP contribution in [0.2, 0.25) is 0 Å². The molecular formula is C20H29F. The molecule has 0 fully saturated rings. The molecule has 1 unspecified atom stereocenters. The van der Waals surface area contributed by atoms with Crippen LogP contribution in [0.4, 0.5) is 4.39 Å². The molecule has 0 amide bonds. The standard InChI is InChI=1S/C20H29F/c1-8-11-15(4)14-20(21)18(7)16(5)17(6)19(12-9-2)13-10-3/h9-14,18H,2,8H2,1,3-7H3/b13-10-,15-11-,17-16-,19-12+,20-14+. The molecule has 0 aliphatic carbocycles. The summed E-state index contributed by atoms with van der Waals surface area (Å²) >= 11 is 0. The number of halogens is 1. The third-order valence-corrected chi connectivity index (χ3v) is 3.62. The molecule has 0 saturated heterocycles. The van der Waals surface area contributed by atoms with E-state index < -0.39 is 0 Å². The molecule has 0 aromatic rings. The van der Waals surface area contributed by atoms with E-state index in [0.29, 0.717) is 0 Å². The topological polar surface area (TPSA) is 0 Å². The van der Waals surface area contributed by atoms with Crippen molar-refractivity contribution in [3.8, 4) is 0 Å². The lowest BCUT2D eigenvalue weighted by Crippen LogP contribution is -2.01. The first kappa shape index (κ1) is 19.4. The van der Waals surface area contributed by atoms with Crippen molar-refractivity contribution in [2.45, 2.75) is 48.0 Å². The Kier molecular flexibility index (Phi) is 9.36. The maximum absolute atomic E-state index is 14.3. The molecule has 0 rings (SSSR count). The first-order chi connectivity index (χ1) is 9.88. The van der Waals surface area contributed by atoms with Crippen molar-refractivity contribution in [3.05, 3.63) is 71.2 Å². The molecule has 1 atom stereocenters. The van der Waals surface area contributed by atoms with Crippen molar-refractivity contribution in [3.63, 3.8) is 0 Å². The SMILES string of the molecule is C=C/C=C(\C=C/C)C(/C)=C(/C)C(C)/C(F)=C\C(C)=C/CC. The summed E-state index contributed by atoms with van der Waals surface area (Å²) in [6, 6.07) is 0. The van der Waals surface area contributed by atoms with Crippen LogP contribution in [0.1, 0.15) is 48.0 Å². The lowest BCUT2D eigenvalue weighted by molar-refractivity contribution is 0.531. The lowest BCUT2D eigenvalue weighted by Gasteiger charge is -2.15. The zero-order valence-corrected chi connectivity index (χ0v) is 14.3. The van der Waals surface area contributed by atoms with Gasteiger partial charge in [0.15, 0.2) is 0 Å². The Morgan fingerprint density at radius 1 is 1.24 bits per heavy atom. The van der Waals surface area contributed by atoms with Gasteiger partial charge in [-0.25, -0.2) is 4.39 Å². The fourth-order valence-electron chi connectivity index (χ4n) is 2.09. The van der Waals surface area contributed by atoms with Crippen LogP contribution in [-0.4, -0.2) is 0 Å². The second kappa shape index (κ2) is 10.1. The van der Waals surface area contributed by atoms with Crippen LogP contribution < -0.4 is 0 Å². The zero-order valence-electron chi connectivity index (χ0n) is 14.3. The number of allylic oxidation sites excluding steroid dienone is 11. The van der Waals surface area contributed by atoms with E-state index in [2.05, 4.69) is 13.5 Å². The van der Waals surface area contributed by atoms with Gasteiger partial charge in [0.05, 0.1) is 0 Å². The highest BCUT2D eigenvalue weighted by molar-refractivity contribution is 5.44. The highest BCUT2D eigenvalue weighted by Gasteiger charge is 2.13. The minimum Gasteiger partial charge on any atom is -0.211 e. The van der Waals surface area contributed by atoms with E-state index in [9.17, 15) is 4.39 Å². The average Bonchev–Trinajstić information content (AvgIpc) is 2.44. The van der Waals surface area contributed by atoms with Gasteiger partial charge in [-0.2, -0.15) is 0 Å². The van der Waals surface area contributed by atoms with E-state index in [0.717, 1.165) is 28.7 Å². The van der Waals surface area contributed by atoms with Crippen LogP contribution in [0.15, 0.2) is 71.2 Å². The summed E-state index contributed by atoms with van der Waals surface area (Å²) in [5.41, 5.74) is 4.19. The Labute approximate surface area is 130 Å². The van der Waals surface area contributed by atoms with Crippen molar-refractivity contribution in [1.29, 1.82) is 0 Å². The van der Waals surface area contributed by atoms with Crippen molar-refractivity contribution < 1.29 is 4.39 Å². The molecule has 0 nitrogen and oxygen atoms in total. The minimum atomic E-state index is -0.219. The highest BCUT2D eigenvalue weighted by atomic mass is 19.1. The molecule has 0 aliphatic heterocycles. The van der Waals surface area contributed by atoms with E-state index in [-0.39, 0.29) is 11.7 Å². The van der Waals surface area contributed by atoms with Crippen molar-refractivity contribution in [1.82, 2.24) is 0 Å². The molecule has 0 heterocycles. The van der Waals surface area contributed by atoms with E-state index >= 15 is 0 Å². The Balaban J connectivity index is 5.51. The minimum absolute atomic E-state index is 0.0903. The largest absolute Gasteiger partial charge is 0.211 e. The van der Waals surface area contributed by atoms with Gasteiger partial charge in [-0.3, -0.25) is 0 Å². The quantitative estimate of drug-likeness (QED) is 0.449. The molecule has 0 aliphatic rings. The third-order valence-electron chi connectivity index (χ3n) is 3.62. The molecule has 0 saturated carbocycles. The van der Waals surface area contributed by atoms with Crippen molar-refractivity contribution in [2.24, 2.45) is 5.92 Å². The van der Waals surface area contributed by atoms with Gasteiger partial charge in [0.1, 0.15) is 5.83 Å². The second-order valence-electron chi connectivity index (χ2n) is 5.27. The summed E-state index contributed by atoms with van der Waals surface area (Å²) in [5.74, 6) is -0.309. The summed E-state index contributed by atoms with van der Waals surface area (Å²) < 4.78 is 14.3. The average molecular weight is 288 g/mol. The fraction of sp³-hybridized carbons (Fsp3) is 0.400. The van der Waals surface area contributed by atoms with Gasteiger partial charge < -0.3 is 0 Å². The molecular weight excluding hydrogens is 259 g/mol. The molecule has 116 valence electrons. The predicted molar refractivity (Wildman–Crippen MR) is 93.9 cm³/mol. The summed E-state index contributed by atoms with van der Waals surface area (Å²) in [4.78, 5) is 0. The Morgan fingerprint density at radius 3 is 2.33 bits per heavy atom. The Morgan fingerprint density at radius 2 is 1.86 bits per heavy atom. The normalized spacial score (nSPS) is 17.0. The summed E-state index contributed by atoms with van der Waals surface area (Å²) in [6.45, 7) is 15.6. The van der Waals surface area contributed by atoms with Crippen LogP contribution in [-0.2, 0) is 0 Å². The Bertz CT molecular complexity index is 496. The Hall–Kier alpha value is -1.63.